The summed E-state index contributed by atoms with van der Waals surface area (Å²) in [5, 5.41) is 0. The number of carbonyl (C=O) groups is 1. The molecule has 2 heterocycles. The maximum absolute atomic E-state index is 12.7. The third kappa shape index (κ3) is 13.4. The van der Waals surface area contributed by atoms with Gasteiger partial charge in [0.15, 0.2) is 0 Å². The summed E-state index contributed by atoms with van der Waals surface area (Å²) in [5.41, 5.74) is -1.56. The first-order chi connectivity index (χ1) is 19.7. The van der Waals surface area contributed by atoms with Crippen molar-refractivity contribution >= 4 is 5.97 Å². The second-order valence-corrected chi connectivity index (χ2v) is 11.3. The van der Waals surface area contributed by atoms with Crippen molar-refractivity contribution < 1.29 is 9.53 Å². The van der Waals surface area contributed by atoms with E-state index in [4.69, 9.17) is 4.74 Å². The molecular weight excluding hydrogens is 524 g/mol. The Balaban J connectivity index is 1.75. The highest BCUT2D eigenvalue weighted by molar-refractivity contribution is 5.69. The first-order valence-corrected chi connectivity index (χ1v) is 15.5. The van der Waals surface area contributed by atoms with Crippen molar-refractivity contribution in [2.45, 2.75) is 143 Å². The molecule has 0 aliphatic rings. The van der Waals surface area contributed by atoms with E-state index in [-0.39, 0.29) is 19.5 Å². The van der Waals surface area contributed by atoms with Crippen LogP contribution in [-0.2, 0) is 22.6 Å². The fourth-order valence-electron chi connectivity index (χ4n) is 4.96. The van der Waals surface area contributed by atoms with Gasteiger partial charge >= 0.3 is 17.3 Å². The highest BCUT2D eigenvalue weighted by Gasteiger charge is 2.18. The monoisotopic (exact) mass is 574 g/mol. The van der Waals surface area contributed by atoms with Crippen molar-refractivity contribution in [3.63, 3.8) is 0 Å². The van der Waals surface area contributed by atoms with Crippen molar-refractivity contribution in [2.75, 3.05) is 0 Å². The first-order valence-electron chi connectivity index (χ1n) is 15.5. The minimum absolute atomic E-state index is 0.0499. The number of hydrogen-bond donors (Lipinski definition) is 2. The topological polar surface area (TPSA) is 136 Å². The maximum Gasteiger partial charge on any atom is 0.328 e. The molecule has 230 valence electrons. The van der Waals surface area contributed by atoms with Gasteiger partial charge in [-0.3, -0.25) is 33.5 Å². The molecule has 0 spiro atoms. The lowest BCUT2D eigenvalue weighted by atomic mass is 10.0. The minimum atomic E-state index is -0.857. The number of carbonyl (C=O) groups excluding carboxylic acids is 1. The number of rotatable bonds is 21. The Morgan fingerprint density at radius 2 is 1.02 bits per heavy atom. The third-order valence-corrected chi connectivity index (χ3v) is 7.46. The summed E-state index contributed by atoms with van der Waals surface area (Å²) in [7, 11) is 0. The van der Waals surface area contributed by atoms with E-state index in [2.05, 4.69) is 16.9 Å². The zero-order valence-electron chi connectivity index (χ0n) is 25.3. The predicted molar refractivity (Wildman–Crippen MR) is 162 cm³/mol. The molecular formula is C31H50N4O6. The zero-order valence-corrected chi connectivity index (χ0v) is 25.3. The molecule has 0 amide bonds. The van der Waals surface area contributed by atoms with E-state index in [9.17, 15) is 24.0 Å². The van der Waals surface area contributed by atoms with Crippen LogP contribution >= 0.6 is 0 Å². The lowest BCUT2D eigenvalue weighted by Crippen LogP contribution is -2.39. The zero-order chi connectivity index (χ0) is 30.0. The van der Waals surface area contributed by atoms with E-state index in [0.717, 1.165) is 19.3 Å². The summed E-state index contributed by atoms with van der Waals surface area (Å²) in [4.78, 5) is 65.3. The Bertz CT molecular complexity index is 1210. The van der Waals surface area contributed by atoms with Crippen LogP contribution in [0, 0.1) is 13.8 Å². The van der Waals surface area contributed by atoms with E-state index >= 15 is 0 Å². The molecule has 41 heavy (non-hydrogen) atoms. The summed E-state index contributed by atoms with van der Waals surface area (Å²) in [6, 6.07) is 0. The van der Waals surface area contributed by atoms with Gasteiger partial charge in [0, 0.05) is 29.9 Å². The normalized spacial score (nSPS) is 11.3. The van der Waals surface area contributed by atoms with Gasteiger partial charge < -0.3 is 4.74 Å². The van der Waals surface area contributed by atoms with Gasteiger partial charge in [0.2, 0.25) is 0 Å². The Kier molecular flexibility index (Phi) is 15.8. The fourth-order valence-corrected chi connectivity index (χ4v) is 4.96. The van der Waals surface area contributed by atoms with E-state index in [0.29, 0.717) is 17.5 Å². The molecule has 10 heteroatoms. The highest BCUT2D eigenvalue weighted by Crippen LogP contribution is 2.14. The van der Waals surface area contributed by atoms with Crippen molar-refractivity contribution in [1.29, 1.82) is 0 Å². The molecule has 0 saturated heterocycles. The smallest absolute Gasteiger partial charge is 0.328 e. The maximum atomic E-state index is 12.7. The molecule has 2 aromatic heterocycles. The van der Waals surface area contributed by atoms with E-state index < -0.39 is 34.6 Å². The molecule has 10 nitrogen and oxygen atoms in total. The average molecular weight is 575 g/mol. The van der Waals surface area contributed by atoms with Crippen LogP contribution in [0.25, 0.3) is 0 Å². The van der Waals surface area contributed by atoms with Gasteiger partial charge in [0.1, 0.15) is 6.10 Å². The Morgan fingerprint density at radius 1 is 0.659 bits per heavy atom. The molecule has 0 saturated carbocycles. The Labute approximate surface area is 242 Å². The molecule has 0 aliphatic carbocycles. The lowest BCUT2D eigenvalue weighted by Gasteiger charge is -2.20. The summed E-state index contributed by atoms with van der Waals surface area (Å²) in [5.74, 6) is -0.409. The van der Waals surface area contributed by atoms with Crippen molar-refractivity contribution in [3.8, 4) is 0 Å². The quantitative estimate of drug-likeness (QED) is 0.161. The van der Waals surface area contributed by atoms with E-state index in [1.54, 1.807) is 13.8 Å². The largest absolute Gasteiger partial charge is 0.459 e. The van der Waals surface area contributed by atoms with E-state index in [1.165, 1.54) is 92.2 Å². The standard InChI is InChI=1S/C31H50N4O6/c1-4-5-6-7-8-9-10-11-12-13-14-15-16-17-18-19-27(36)41-26(22-34-20-24(2)28(37)32-30(34)39)23-35-21-25(3)29(38)33-31(35)40/h20-21,26H,4-19,22-23H2,1-3H3,(H,32,37,39)(H,33,38,40). The van der Waals surface area contributed by atoms with Crippen LogP contribution in [0.2, 0.25) is 0 Å². The minimum Gasteiger partial charge on any atom is -0.459 e. The SMILES string of the molecule is CCCCCCCCCCCCCCCCCC(=O)OC(Cn1cc(C)c(=O)[nH]c1=O)Cn1cc(C)c(=O)[nH]c1=O. The molecule has 0 aliphatic heterocycles. The number of aromatic nitrogens is 4. The van der Waals surface area contributed by atoms with Gasteiger partial charge in [-0.05, 0) is 20.3 Å². The molecule has 2 rings (SSSR count). The molecule has 0 radical (unpaired) electrons. The number of H-pyrrole nitrogens is 2. The molecule has 0 bridgehead atoms. The number of nitrogens with zero attached hydrogens (tertiary/aromatic N) is 2. The third-order valence-electron chi connectivity index (χ3n) is 7.46. The summed E-state index contributed by atoms with van der Waals surface area (Å²) >= 11 is 0. The summed E-state index contributed by atoms with van der Waals surface area (Å²) < 4.78 is 8.20. The van der Waals surface area contributed by atoms with Crippen LogP contribution in [0.1, 0.15) is 121 Å². The lowest BCUT2D eigenvalue weighted by molar-refractivity contribution is -0.150. The molecule has 0 aromatic carbocycles. The molecule has 0 atom stereocenters. The van der Waals surface area contributed by atoms with Crippen molar-refractivity contribution in [2.24, 2.45) is 0 Å². The Hall–Kier alpha value is -3.17. The highest BCUT2D eigenvalue weighted by atomic mass is 16.5. The second kappa shape index (κ2) is 19.0. The van der Waals surface area contributed by atoms with Gasteiger partial charge in [-0.25, -0.2) is 9.59 Å². The van der Waals surface area contributed by atoms with Gasteiger partial charge in [0.05, 0.1) is 13.1 Å². The van der Waals surface area contributed by atoms with Gasteiger partial charge in [0.25, 0.3) is 11.1 Å². The number of hydrogen-bond acceptors (Lipinski definition) is 6. The van der Waals surface area contributed by atoms with Crippen LogP contribution in [0.3, 0.4) is 0 Å². The molecule has 2 aromatic rings. The predicted octanol–water partition coefficient (Wildman–Crippen LogP) is 4.88. The number of esters is 1. The van der Waals surface area contributed by atoms with E-state index in [1.807, 2.05) is 0 Å². The average Bonchev–Trinajstić information content (AvgIpc) is 2.92. The molecule has 0 fully saturated rings. The van der Waals surface area contributed by atoms with Crippen molar-refractivity contribution in [1.82, 2.24) is 19.1 Å². The second-order valence-electron chi connectivity index (χ2n) is 11.3. The van der Waals surface area contributed by atoms with Crippen LogP contribution in [0.15, 0.2) is 31.6 Å². The first kappa shape index (κ1) is 34.0. The summed E-state index contributed by atoms with van der Waals surface area (Å²) in [6.07, 6.45) is 20.7. The van der Waals surface area contributed by atoms with Gasteiger partial charge in [-0.2, -0.15) is 0 Å². The number of aryl methyl sites for hydroxylation is 2. The number of ether oxygens (including phenoxy) is 1. The van der Waals surface area contributed by atoms with Crippen LogP contribution < -0.4 is 22.5 Å². The van der Waals surface area contributed by atoms with Gasteiger partial charge in [-0.15, -0.1) is 0 Å². The molecule has 0 unspecified atom stereocenters. The van der Waals surface area contributed by atoms with Crippen LogP contribution in [-0.4, -0.2) is 31.2 Å². The number of unbranched alkanes of at least 4 members (excludes halogenated alkanes) is 14. The van der Waals surface area contributed by atoms with Gasteiger partial charge in [-0.1, -0.05) is 96.8 Å². The summed E-state index contributed by atoms with van der Waals surface area (Å²) in [6.45, 7) is 5.29. The van der Waals surface area contributed by atoms with Crippen molar-refractivity contribution in [3.05, 3.63) is 65.2 Å². The van der Waals surface area contributed by atoms with Crippen LogP contribution in [0.5, 0.6) is 0 Å². The Morgan fingerprint density at radius 3 is 1.41 bits per heavy atom. The van der Waals surface area contributed by atoms with Crippen LogP contribution in [0.4, 0.5) is 0 Å². The molecule has 2 N–H and O–H groups in total. The number of nitrogens with one attached hydrogen (secondary N) is 2. The fraction of sp³-hybridized carbons (Fsp3) is 0.710. The number of aromatic amines is 2.